The van der Waals surface area contributed by atoms with Gasteiger partial charge in [-0.1, -0.05) is 0 Å². The fourth-order valence-corrected chi connectivity index (χ4v) is 2.05. The Morgan fingerprint density at radius 3 is 2.85 bits per heavy atom. The first kappa shape index (κ1) is 14.6. The molecule has 0 unspecified atom stereocenters. The minimum atomic E-state index is -0.446. The van der Waals surface area contributed by atoms with Crippen molar-refractivity contribution < 1.29 is 19.0 Å². The second kappa shape index (κ2) is 7.12. The molecule has 0 aliphatic carbocycles. The van der Waals surface area contributed by atoms with E-state index in [2.05, 4.69) is 4.90 Å². The molecule has 1 fully saturated rings. The Kier molecular flexibility index (Phi) is 5.20. The fourth-order valence-electron chi connectivity index (χ4n) is 2.05. The second-order valence-corrected chi connectivity index (χ2v) is 4.55. The first-order chi connectivity index (χ1) is 9.70. The van der Waals surface area contributed by atoms with Crippen LogP contribution in [0.1, 0.15) is 10.4 Å². The van der Waals surface area contributed by atoms with Crippen LogP contribution in [0.15, 0.2) is 18.2 Å². The summed E-state index contributed by atoms with van der Waals surface area (Å²) >= 11 is 0. The third-order valence-electron chi connectivity index (χ3n) is 3.18. The van der Waals surface area contributed by atoms with Gasteiger partial charge in [-0.05, 0) is 18.2 Å². The summed E-state index contributed by atoms with van der Waals surface area (Å²) in [6.07, 6.45) is 0. The zero-order valence-corrected chi connectivity index (χ0v) is 11.6. The van der Waals surface area contributed by atoms with Crippen molar-refractivity contribution in [2.75, 3.05) is 52.3 Å². The SMILES string of the molecule is COC(=O)c1cc(N)ccc1OCCN1CCOCC1. The van der Waals surface area contributed by atoms with Crippen molar-refractivity contribution in [1.82, 2.24) is 4.90 Å². The molecule has 2 N–H and O–H groups in total. The molecule has 110 valence electrons. The Morgan fingerprint density at radius 2 is 2.15 bits per heavy atom. The van der Waals surface area contributed by atoms with Gasteiger partial charge in [-0.25, -0.2) is 4.79 Å². The molecule has 0 atom stereocenters. The molecule has 1 saturated heterocycles. The summed E-state index contributed by atoms with van der Waals surface area (Å²) in [5.74, 6) is 0.0537. The first-order valence-corrected chi connectivity index (χ1v) is 6.61. The highest BCUT2D eigenvalue weighted by molar-refractivity contribution is 5.93. The maximum Gasteiger partial charge on any atom is 0.341 e. The zero-order chi connectivity index (χ0) is 14.4. The van der Waals surface area contributed by atoms with Crippen LogP contribution >= 0.6 is 0 Å². The number of nitrogens with zero attached hydrogens (tertiary/aromatic N) is 1. The molecule has 6 nitrogen and oxygen atoms in total. The topological polar surface area (TPSA) is 74.0 Å². The molecule has 0 bridgehead atoms. The van der Waals surface area contributed by atoms with Gasteiger partial charge in [0.2, 0.25) is 0 Å². The number of nitrogens with two attached hydrogens (primary N) is 1. The lowest BCUT2D eigenvalue weighted by molar-refractivity contribution is 0.0321. The molecule has 0 radical (unpaired) electrons. The number of rotatable bonds is 5. The standard InChI is InChI=1S/C14H20N2O4/c1-18-14(17)12-10-11(15)2-3-13(12)20-9-6-16-4-7-19-8-5-16/h2-3,10H,4-9,15H2,1H3. The van der Waals surface area contributed by atoms with Crippen LogP contribution < -0.4 is 10.5 Å². The van der Waals surface area contributed by atoms with Crippen molar-refractivity contribution in [2.45, 2.75) is 0 Å². The number of esters is 1. The molecule has 0 saturated carbocycles. The van der Waals surface area contributed by atoms with Crippen LogP contribution in [0.2, 0.25) is 0 Å². The van der Waals surface area contributed by atoms with Crippen molar-refractivity contribution in [1.29, 1.82) is 0 Å². The summed E-state index contributed by atoms with van der Waals surface area (Å²) in [7, 11) is 1.34. The summed E-state index contributed by atoms with van der Waals surface area (Å²) in [4.78, 5) is 13.9. The lowest BCUT2D eigenvalue weighted by atomic mass is 10.2. The third kappa shape index (κ3) is 3.85. The maximum atomic E-state index is 11.7. The number of hydrogen-bond acceptors (Lipinski definition) is 6. The number of nitrogen functional groups attached to an aromatic ring is 1. The number of ether oxygens (including phenoxy) is 3. The molecule has 1 aliphatic rings. The van der Waals surface area contributed by atoms with E-state index in [9.17, 15) is 4.79 Å². The quantitative estimate of drug-likeness (QED) is 0.634. The Labute approximate surface area is 118 Å². The molecule has 2 rings (SSSR count). The number of carbonyl (C=O) groups excluding carboxylic acids is 1. The van der Waals surface area contributed by atoms with Gasteiger partial charge in [0.25, 0.3) is 0 Å². The normalized spacial score (nSPS) is 15.8. The largest absolute Gasteiger partial charge is 0.491 e. The smallest absolute Gasteiger partial charge is 0.341 e. The minimum absolute atomic E-state index is 0.356. The number of morpholine rings is 1. The van der Waals surface area contributed by atoms with E-state index in [0.717, 1.165) is 32.8 Å². The molecule has 0 spiro atoms. The second-order valence-electron chi connectivity index (χ2n) is 4.55. The summed E-state index contributed by atoms with van der Waals surface area (Å²) in [6, 6.07) is 4.97. The fraction of sp³-hybridized carbons (Fsp3) is 0.500. The molecule has 1 aromatic carbocycles. The van der Waals surface area contributed by atoms with E-state index in [-0.39, 0.29) is 0 Å². The highest BCUT2D eigenvalue weighted by atomic mass is 16.5. The van der Waals surface area contributed by atoms with Gasteiger partial charge >= 0.3 is 5.97 Å². The van der Waals surface area contributed by atoms with Crippen LogP contribution in [0.4, 0.5) is 5.69 Å². The lowest BCUT2D eigenvalue weighted by Gasteiger charge is -2.26. The van der Waals surface area contributed by atoms with E-state index in [1.54, 1.807) is 18.2 Å². The molecular weight excluding hydrogens is 260 g/mol. The number of benzene rings is 1. The van der Waals surface area contributed by atoms with Crippen LogP contribution in [-0.2, 0) is 9.47 Å². The van der Waals surface area contributed by atoms with Crippen LogP contribution in [0, 0.1) is 0 Å². The van der Waals surface area contributed by atoms with E-state index in [0.29, 0.717) is 23.6 Å². The van der Waals surface area contributed by atoms with Gasteiger partial charge in [0.1, 0.15) is 17.9 Å². The van der Waals surface area contributed by atoms with Gasteiger partial charge in [0, 0.05) is 25.3 Å². The highest BCUT2D eigenvalue weighted by Gasteiger charge is 2.15. The molecule has 1 heterocycles. The Morgan fingerprint density at radius 1 is 1.40 bits per heavy atom. The Bertz CT molecular complexity index is 458. The average Bonchev–Trinajstić information content (AvgIpc) is 2.49. The molecule has 6 heteroatoms. The van der Waals surface area contributed by atoms with Crippen molar-refractivity contribution in [3.8, 4) is 5.75 Å². The highest BCUT2D eigenvalue weighted by Crippen LogP contribution is 2.22. The summed E-state index contributed by atoms with van der Waals surface area (Å²) in [6.45, 7) is 4.65. The van der Waals surface area contributed by atoms with Crippen molar-refractivity contribution >= 4 is 11.7 Å². The number of anilines is 1. The first-order valence-electron chi connectivity index (χ1n) is 6.61. The van der Waals surface area contributed by atoms with Crippen LogP contribution in [0.5, 0.6) is 5.75 Å². The molecule has 1 aliphatic heterocycles. The summed E-state index contributed by atoms with van der Waals surface area (Å²) in [5.41, 5.74) is 6.54. The zero-order valence-electron chi connectivity index (χ0n) is 11.6. The maximum absolute atomic E-state index is 11.7. The van der Waals surface area contributed by atoms with Gasteiger partial charge in [-0.2, -0.15) is 0 Å². The van der Waals surface area contributed by atoms with Gasteiger partial charge in [0.05, 0.1) is 20.3 Å². The monoisotopic (exact) mass is 280 g/mol. The molecule has 1 aromatic rings. The summed E-state index contributed by atoms with van der Waals surface area (Å²) in [5, 5.41) is 0. The minimum Gasteiger partial charge on any atom is -0.491 e. The van der Waals surface area contributed by atoms with E-state index in [1.807, 2.05) is 0 Å². The van der Waals surface area contributed by atoms with Gasteiger partial charge in [-0.3, -0.25) is 4.90 Å². The molecule has 0 amide bonds. The Hall–Kier alpha value is -1.79. The van der Waals surface area contributed by atoms with Crippen LogP contribution in [0.25, 0.3) is 0 Å². The van der Waals surface area contributed by atoms with Gasteiger partial charge in [0.15, 0.2) is 0 Å². The van der Waals surface area contributed by atoms with Gasteiger partial charge < -0.3 is 19.9 Å². The molecule has 20 heavy (non-hydrogen) atoms. The Balaban J connectivity index is 1.92. The van der Waals surface area contributed by atoms with Gasteiger partial charge in [-0.15, -0.1) is 0 Å². The summed E-state index contributed by atoms with van der Waals surface area (Å²) < 4.78 is 15.7. The van der Waals surface area contributed by atoms with Crippen molar-refractivity contribution in [3.63, 3.8) is 0 Å². The van der Waals surface area contributed by atoms with Crippen LogP contribution in [-0.4, -0.2) is 57.4 Å². The number of hydrogen-bond donors (Lipinski definition) is 1. The lowest BCUT2D eigenvalue weighted by Crippen LogP contribution is -2.38. The predicted octanol–water partition coefficient (Wildman–Crippen LogP) is 0.766. The number of carbonyl (C=O) groups is 1. The van der Waals surface area contributed by atoms with Crippen molar-refractivity contribution in [3.05, 3.63) is 23.8 Å². The predicted molar refractivity (Wildman–Crippen MR) is 74.9 cm³/mol. The van der Waals surface area contributed by atoms with Crippen molar-refractivity contribution in [2.24, 2.45) is 0 Å². The average molecular weight is 280 g/mol. The van der Waals surface area contributed by atoms with E-state index < -0.39 is 5.97 Å². The third-order valence-corrected chi connectivity index (χ3v) is 3.18. The number of methoxy groups -OCH3 is 1. The molecule has 0 aromatic heterocycles. The van der Waals surface area contributed by atoms with E-state index >= 15 is 0 Å². The molecular formula is C14H20N2O4. The van der Waals surface area contributed by atoms with E-state index in [4.69, 9.17) is 19.9 Å². The van der Waals surface area contributed by atoms with Crippen LogP contribution in [0.3, 0.4) is 0 Å². The van der Waals surface area contributed by atoms with E-state index in [1.165, 1.54) is 7.11 Å².